The molecule has 1 aliphatic carbocycles. The van der Waals surface area contributed by atoms with Crippen LogP contribution in [0.1, 0.15) is 18.5 Å². The summed E-state index contributed by atoms with van der Waals surface area (Å²) in [4.78, 5) is 6.29. The highest BCUT2D eigenvalue weighted by Crippen LogP contribution is 2.29. The molecule has 0 aromatic carbocycles. The van der Waals surface area contributed by atoms with Gasteiger partial charge in [0.05, 0.1) is 12.3 Å². The molecule has 1 aliphatic rings. The van der Waals surface area contributed by atoms with Gasteiger partial charge in [0, 0.05) is 25.0 Å². The van der Waals surface area contributed by atoms with E-state index in [4.69, 9.17) is 5.11 Å². The molecule has 1 aromatic rings. The Kier molecular flexibility index (Phi) is 2.19. The normalized spacial score (nSPS) is 15.8. The molecule has 1 saturated carbocycles. The Bertz CT molecular complexity index is 297. The van der Waals surface area contributed by atoms with Crippen molar-refractivity contribution in [1.82, 2.24) is 4.98 Å². The summed E-state index contributed by atoms with van der Waals surface area (Å²) in [7, 11) is 2.09. The van der Waals surface area contributed by atoms with Crippen molar-refractivity contribution in [2.24, 2.45) is 0 Å². The first kappa shape index (κ1) is 8.51. The molecule has 1 fully saturated rings. The highest BCUT2D eigenvalue weighted by Gasteiger charge is 2.26. The van der Waals surface area contributed by atoms with Crippen molar-refractivity contribution in [3.05, 3.63) is 24.0 Å². The third-order valence-corrected chi connectivity index (χ3v) is 2.46. The second-order valence-corrected chi connectivity index (χ2v) is 3.51. The van der Waals surface area contributed by atoms with Crippen molar-refractivity contribution in [1.29, 1.82) is 0 Å². The fourth-order valence-electron chi connectivity index (χ4n) is 1.44. The van der Waals surface area contributed by atoms with Crippen LogP contribution < -0.4 is 4.90 Å². The second-order valence-electron chi connectivity index (χ2n) is 3.51. The van der Waals surface area contributed by atoms with E-state index in [1.807, 2.05) is 12.1 Å². The zero-order chi connectivity index (χ0) is 9.26. The van der Waals surface area contributed by atoms with Gasteiger partial charge in [0.25, 0.3) is 0 Å². The second kappa shape index (κ2) is 3.34. The SMILES string of the molecule is CN(c1ccnc(CO)c1)C1CC1. The van der Waals surface area contributed by atoms with Gasteiger partial charge < -0.3 is 10.0 Å². The van der Waals surface area contributed by atoms with Crippen LogP contribution in [0.2, 0.25) is 0 Å². The summed E-state index contributed by atoms with van der Waals surface area (Å²) in [5, 5.41) is 8.92. The molecule has 0 amide bonds. The predicted octanol–water partition coefficient (Wildman–Crippen LogP) is 1.17. The third-order valence-electron chi connectivity index (χ3n) is 2.46. The summed E-state index contributed by atoms with van der Waals surface area (Å²) in [5.74, 6) is 0. The number of aliphatic hydroxyl groups is 1. The minimum absolute atomic E-state index is 0.0202. The monoisotopic (exact) mass is 178 g/mol. The number of hydrogen-bond donors (Lipinski definition) is 1. The summed E-state index contributed by atoms with van der Waals surface area (Å²) in [6, 6.07) is 4.63. The average Bonchev–Trinajstić information content (AvgIpc) is 3.00. The standard InChI is InChI=1S/C10H14N2O/c1-12(9-2-3-9)10-4-5-11-8(6-10)7-13/h4-6,9,13H,2-3,7H2,1H3. The van der Waals surface area contributed by atoms with Crippen LogP contribution in [0.15, 0.2) is 18.3 Å². The molecular weight excluding hydrogens is 164 g/mol. The molecule has 3 heteroatoms. The van der Waals surface area contributed by atoms with Crippen LogP contribution in [-0.2, 0) is 6.61 Å². The van der Waals surface area contributed by atoms with Gasteiger partial charge in [-0.2, -0.15) is 0 Å². The summed E-state index contributed by atoms with van der Waals surface area (Å²) >= 11 is 0. The van der Waals surface area contributed by atoms with Gasteiger partial charge in [0.15, 0.2) is 0 Å². The number of aromatic nitrogens is 1. The highest BCUT2D eigenvalue weighted by atomic mass is 16.3. The van der Waals surface area contributed by atoms with Crippen LogP contribution in [-0.4, -0.2) is 23.2 Å². The Labute approximate surface area is 78.0 Å². The maximum atomic E-state index is 8.92. The van der Waals surface area contributed by atoms with Crippen LogP contribution in [0.5, 0.6) is 0 Å². The maximum absolute atomic E-state index is 8.92. The van der Waals surface area contributed by atoms with Gasteiger partial charge in [-0.15, -0.1) is 0 Å². The Morgan fingerprint density at radius 2 is 2.38 bits per heavy atom. The van der Waals surface area contributed by atoms with Crippen molar-refractivity contribution < 1.29 is 5.11 Å². The molecule has 1 heterocycles. The lowest BCUT2D eigenvalue weighted by Crippen LogP contribution is -2.19. The van der Waals surface area contributed by atoms with E-state index >= 15 is 0 Å². The highest BCUT2D eigenvalue weighted by molar-refractivity contribution is 5.47. The third kappa shape index (κ3) is 1.80. The van der Waals surface area contributed by atoms with Gasteiger partial charge in [0.1, 0.15) is 0 Å². The van der Waals surface area contributed by atoms with Gasteiger partial charge in [-0.25, -0.2) is 0 Å². The summed E-state index contributed by atoms with van der Waals surface area (Å²) in [5.41, 5.74) is 1.89. The Morgan fingerprint density at radius 3 is 3.00 bits per heavy atom. The van der Waals surface area contributed by atoms with Gasteiger partial charge in [-0.3, -0.25) is 4.98 Å². The first-order valence-electron chi connectivity index (χ1n) is 4.60. The number of pyridine rings is 1. The zero-order valence-electron chi connectivity index (χ0n) is 7.77. The van der Waals surface area contributed by atoms with E-state index in [-0.39, 0.29) is 6.61 Å². The van der Waals surface area contributed by atoms with E-state index in [0.29, 0.717) is 6.04 Å². The molecule has 0 atom stereocenters. The first-order valence-corrected chi connectivity index (χ1v) is 4.60. The van der Waals surface area contributed by atoms with Crippen molar-refractivity contribution in [3.63, 3.8) is 0 Å². The molecule has 1 N–H and O–H groups in total. The van der Waals surface area contributed by atoms with Crippen LogP contribution in [0, 0.1) is 0 Å². The molecule has 0 aliphatic heterocycles. The Hall–Kier alpha value is -1.09. The van der Waals surface area contributed by atoms with Crippen molar-refractivity contribution in [2.75, 3.05) is 11.9 Å². The maximum Gasteiger partial charge on any atom is 0.0853 e. The summed E-state index contributed by atoms with van der Waals surface area (Å²) in [6.45, 7) is 0.0202. The number of aliphatic hydroxyl groups excluding tert-OH is 1. The van der Waals surface area contributed by atoms with Gasteiger partial charge in [-0.05, 0) is 25.0 Å². The van der Waals surface area contributed by atoms with E-state index in [2.05, 4.69) is 16.9 Å². The van der Waals surface area contributed by atoms with Crippen molar-refractivity contribution in [3.8, 4) is 0 Å². The lowest BCUT2D eigenvalue weighted by Gasteiger charge is -2.18. The lowest BCUT2D eigenvalue weighted by atomic mass is 10.3. The van der Waals surface area contributed by atoms with Crippen LogP contribution in [0.25, 0.3) is 0 Å². The number of anilines is 1. The molecule has 0 unspecified atom stereocenters. The Morgan fingerprint density at radius 1 is 1.62 bits per heavy atom. The van der Waals surface area contributed by atoms with E-state index in [0.717, 1.165) is 11.4 Å². The molecule has 0 bridgehead atoms. The van der Waals surface area contributed by atoms with Gasteiger partial charge >= 0.3 is 0 Å². The summed E-state index contributed by atoms with van der Waals surface area (Å²) < 4.78 is 0. The molecule has 13 heavy (non-hydrogen) atoms. The molecule has 3 nitrogen and oxygen atoms in total. The van der Waals surface area contributed by atoms with E-state index in [9.17, 15) is 0 Å². The number of rotatable bonds is 3. The van der Waals surface area contributed by atoms with Crippen molar-refractivity contribution in [2.45, 2.75) is 25.5 Å². The first-order chi connectivity index (χ1) is 6.31. The summed E-state index contributed by atoms with van der Waals surface area (Å²) in [6.07, 6.45) is 4.32. The fourth-order valence-corrected chi connectivity index (χ4v) is 1.44. The average molecular weight is 178 g/mol. The minimum atomic E-state index is 0.0202. The largest absolute Gasteiger partial charge is 0.390 e. The van der Waals surface area contributed by atoms with Gasteiger partial charge in [-0.1, -0.05) is 0 Å². The van der Waals surface area contributed by atoms with E-state index in [1.54, 1.807) is 6.20 Å². The molecular formula is C10H14N2O. The van der Waals surface area contributed by atoms with E-state index in [1.165, 1.54) is 12.8 Å². The van der Waals surface area contributed by atoms with Crippen molar-refractivity contribution >= 4 is 5.69 Å². The molecule has 0 saturated heterocycles. The topological polar surface area (TPSA) is 36.4 Å². The molecule has 1 aromatic heterocycles. The zero-order valence-corrected chi connectivity index (χ0v) is 7.77. The molecule has 0 spiro atoms. The molecule has 70 valence electrons. The van der Waals surface area contributed by atoms with Crippen LogP contribution in [0.4, 0.5) is 5.69 Å². The van der Waals surface area contributed by atoms with Crippen LogP contribution >= 0.6 is 0 Å². The van der Waals surface area contributed by atoms with Crippen LogP contribution in [0.3, 0.4) is 0 Å². The minimum Gasteiger partial charge on any atom is -0.390 e. The van der Waals surface area contributed by atoms with E-state index < -0.39 is 0 Å². The number of hydrogen-bond acceptors (Lipinski definition) is 3. The molecule has 2 rings (SSSR count). The smallest absolute Gasteiger partial charge is 0.0853 e. The lowest BCUT2D eigenvalue weighted by molar-refractivity contribution is 0.277. The molecule has 0 radical (unpaired) electrons. The Balaban J connectivity index is 2.18. The quantitative estimate of drug-likeness (QED) is 0.754. The van der Waals surface area contributed by atoms with Gasteiger partial charge in [0.2, 0.25) is 0 Å². The predicted molar refractivity (Wildman–Crippen MR) is 51.6 cm³/mol. The fraction of sp³-hybridized carbons (Fsp3) is 0.500. The number of nitrogens with zero attached hydrogens (tertiary/aromatic N) is 2.